The van der Waals surface area contributed by atoms with Crippen LogP contribution in [0.5, 0.6) is 5.75 Å². The van der Waals surface area contributed by atoms with E-state index in [1.54, 1.807) is 11.6 Å². The third-order valence-electron chi connectivity index (χ3n) is 3.89. The molecule has 7 heteroatoms. The third-order valence-corrected chi connectivity index (χ3v) is 4.88. The summed E-state index contributed by atoms with van der Waals surface area (Å²) < 4.78 is 7.01. The molecule has 1 amide bonds. The summed E-state index contributed by atoms with van der Waals surface area (Å²) in [7, 11) is 1.65. The maximum Gasteiger partial charge on any atom is 0.230 e. The van der Waals surface area contributed by atoms with Crippen LogP contribution in [0.25, 0.3) is 16.8 Å². The van der Waals surface area contributed by atoms with Gasteiger partial charge in [0.1, 0.15) is 10.8 Å². The van der Waals surface area contributed by atoms with Crippen LogP contribution in [0, 0.1) is 6.92 Å². The molecule has 6 nitrogen and oxygen atoms in total. The first kappa shape index (κ1) is 18.3. The number of methoxy groups -OCH3 is 1. The highest BCUT2D eigenvalue weighted by atomic mass is 32.2. The fraction of sp³-hybridized carbons (Fsp3) is 0.316. The molecule has 136 valence electrons. The molecule has 2 heterocycles. The van der Waals surface area contributed by atoms with Crippen LogP contribution in [0.15, 0.2) is 41.6 Å². The minimum Gasteiger partial charge on any atom is -0.497 e. The molecule has 3 rings (SSSR count). The average molecular weight is 370 g/mol. The monoisotopic (exact) mass is 370 g/mol. The van der Waals surface area contributed by atoms with E-state index in [0.717, 1.165) is 39.7 Å². The van der Waals surface area contributed by atoms with Gasteiger partial charge in [0.25, 0.3) is 0 Å². The lowest BCUT2D eigenvalue weighted by molar-refractivity contribution is -0.118. The van der Waals surface area contributed by atoms with Gasteiger partial charge >= 0.3 is 0 Å². The fourth-order valence-electron chi connectivity index (χ4n) is 2.58. The van der Waals surface area contributed by atoms with E-state index < -0.39 is 0 Å². The van der Waals surface area contributed by atoms with Gasteiger partial charge in [-0.2, -0.15) is 5.10 Å². The molecule has 3 aromatic rings. The number of thioether (sulfide) groups is 1. The quantitative estimate of drug-likeness (QED) is 0.510. The predicted molar refractivity (Wildman–Crippen MR) is 104 cm³/mol. The number of amides is 1. The number of aryl methyl sites for hydroxylation is 1. The van der Waals surface area contributed by atoms with Crippen molar-refractivity contribution in [3.8, 4) is 16.9 Å². The Bertz CT molecular complexity index is 906. The number of carbonyl (C=O) groups is 1. The summed E-state index contributed by atoms with van der Waals surface area (Å²) >= 11 is 1.47. The lowest BCUT2D eigenvalue weighted by Gasteiger charge is -2.07. The van der Waals surface area contributed by atoms with Gasteiger partial charge in [-0.05, 0) is 37.1 Å². The van der Waals surface area contributed by atoms with Crippen LogP contribution in [0.2, 0.25) is 0 Å². The number of nitrogens with one attached hydrogen (secondary N) is 1. The van der Waals surface area contributed by atoms with Gasteiger partial charge in [0, 0.05) is 17.8 Å². The second-order valence-corrected chi connectivity index (χ2v) is 6.89. The van der Waals surface area contributed by atoms with Crippen molar-refractivity contribution in [1.82, 2.24) is 19.9 Å². The van der Waals surface area contributed by atoms with E-state index in [2.05, 4.69) is 15.4 Å². The van der Waals surface area contributed by atoms with Crippen molar-refractivity contribution in [1.29, 1.82) is 0 Å². The SMILES string of the molecule is CCCNC(=O)CSc1cc(C)nc2c(-c3ccc(OC)cc3)cnn12. The van der Waals surface area contributed by atoms with E-state index >= 15 is 0 Å². The summed E-state index contributed by atoms with van der Waals surface area (Å²) in [5.41, 5.74) is 3.65. The van der Waals surface area contributed by atoms with Gasteiger partial charge in [0.05, 0.1) is 19.1 Å². The van der Waals surface area contributed by atoms with Crippen molar-refractivity contribution < 1.29 is 9.53 Å². The Kier molecular flexibility index (Phi) is 5.78. The first-order valence-corrected chi connectivity index (χ1v) is 9.50. The maximum atomic E-state index is 11.9. The van der Waals surface area contributed by atoms with Crippen LogP contribution in [0.4, 0.5) is 0 Å². The molecular weight excluding hydrogens is 348 g/mol. The van der Waals surface area contributed by atoms with Crippen LogP contribution < -0.4 is 10.1 Å². The zero-order chi connectivity index (χ0) is 18.5. The van der Waals surface area contributed by atoms with E-state index in [4.69, 9.17) is 4.74 Å². The third kappa shape index (κ3) is 3.99. The second kappa shape index (κ2) is 8.23. The van der Waals surface area contributed by atoms with E-state index in [1.165, 1.54) is 11.8 Å². The normalized spacial score (nSPS) is 10.9. The van der Waals surface area contributed by atoms with E-state index in [9.17, 15) is 4.79 Å². The fourth-order valence-corrected chi connectivity index (χ4v) is 3.47. The Hall–Kier alpha value is -2.54. The molecular formula is C19H22N4O2S. The van der Waals surface area contributed by atoms with Crippen LogP contribution in [-0.4, -0.2) is 39.9 Å². The summed E-state index contributed by atoms with van der Waals surface area (Å²) in [4.78, 5) is 16.5. The first-order valence-electron chi connectivity index (χ1n) is 8.51. The van der Waals surface area contributed by atoms with Crippen LogP contribution in [-0.2, 0) is 4.79 Å². The minimum absolute atomic E-state index is 0.0296. The molecule has 0 saturated carbocycles. The molecule has 0 aliphatic rings. The molecule has 0 fully saturated rings. The van der Waals surface area contributed by atoms with Gasteiger partial charge in [-0.25, -0.2) is 9.50 Å². The van der Waals surface area contributed by atoms with Gasteiger partial charge in [0.2, 0.25) is 5.91 Å². The molecule has 0 spiro atoms. The van der Waals surface area contributed by atoms with E-state index in [0.29, 0.717) is 12.3 Å². The lowest BCUT2D eigenvalue weighted by Crippen LogP contribution is -2.25. The second-order valence-electron chi connectivity index (χ2n) is 5.90. The number of hydrogen-bond acceptors (Lipinski definition) is 5. The molecule has 0 atom stereocenters. The summed E-state index contributed by atoms with van der Waals surface area (Å²) in [6, 6.07) is 9.77. The zero-order valence-corrected chi connectivity index (χ0v) is 16.0. The van der Waals surface area contributed by atoms with Gasteiger partial charge in [0.15, 0.2) is 5.65 Å². The molecule has 2 aromatic heterocycles. The van der Waals surface area contributed by atoms with Crippen molar-refractivity contribution in [3.05, 3.63) is 42.2 Å². The van der Waals surface area contributed by atoms with Crippen LogP contribution >= 0.6 is 11.8 Å². The first-order chi connectivity index (χ1) is 12.6. The summed E-state index contributed by atoms with van der Waals surface area (Å²) in [6.45, 7) is 4.69. The van der Waals surface area contributed by atoms with Crippen LogP contribution in [0.3, 0.4) is 0 Å². The molecule has 0 unspecified atom stereocenters. The summed E-state index contributed by atoms with van der Waals surface area (Å²) in [6.07, 6.45) is 2.74. The zero-order valence-electron chi connectivity index (χ0n) is 15.2. The Labute approximate surface area is 157 Å². The van der Waals surface area contributed by atoms with E-state index in [1.807, 2.05) is 50.4 Å². The molecule has 0 aliphatic carbocycles. The number of aromatic nitrogens is 3. The number of rotatable bonds is 7. The topological polar surface area (TPSA) is 68.5 Å². The van der Waals surface area contributed by atoms with E-state index in [-0.39, 0.29) is 5.91 Å². The number of nitrogens with zero attached hydrogens (tertiary/aromatic N) is 3. The molecule has 1 N–H and O–H groups in total. The Morgan fingerprint density at radius 3 is 2.77 bits per heavy atom. The summed E-state index contributed by atoms with van der Waals surface area (Å²) in [5, 5.41) is 8.28. The predicted octanol–water partition coefficient (Wildman–Crippen LogP) is 3.33. The number of hydrogen-bond donors (Lipinski definition) is 1. The Morgan fingerprint density at radius 1 is 1.31 bits per heavy atom. The lowest BCUT2D eigenvalue weighted by atomic mass is 10.1. The molecule has 26 heavy (non-hydrogen) atoms. The Morgan fingerprint density at radius 2 is 2.08 bits per heavy atom. The highest BCUT2D eigenvalue weighted by Gasteiger charge is 2.13. The minimum atomic E-state index is 0.0296. The Balaban J connectivity index is 1.89. The molecule has 1 aromatic carbocycles. The number of benzene rings is 1. The maximum absolute atomic E-state index is 11.9. The summed E-state index contributed by atoms with van der Waals surface area (Å²) in [5.74, 6) is 1.20. The van der Waals surface area contributed by atoms with Crippen molar-refractivity contribution in [2.75, 3.05) is 19.4 Å². The molecule has 0 saturated heterocycles. The molecule has 0 bridgehead atoms. The molecule has 0 aliphatic heterocycles. The van der Waals surface area contributed by atoms with Crippen LogP contribution in [0.1, 0.15) is 19.0 Å². The van der Waals surface area contributed by atoms with Gasteiger partial charge < -0.3 is 10.1 Å². The number of carbonyl (C=O) groups excluding carboxylic acids is 1. The highest BCUT2D eigenvalue weighted by Crippen LogP contribution is 2.28. The van der Waals surface area contributed by atoms with Gasteiger partial charge in [-0.15, -0.1) is 0 Å². The van der Waals surface area contributed by atoms with Crippen molar-refractivity contribution in [3.63, 3.8) is 0 Å². The average Bonchev–Trinajstić information content (AvgIpc) is 3.08. The number of ether oxygens (including phenoxy) is 1. The highest BCUT2D eigenvalue weighted by molar-refractivity contribution is 7.99. The van der Waals surface area contributed by atoms with Crippen molar-refractivity contribution in [2.24, 2.45) is 0 Å². The van der Waals surface area contributed by atoms with Crippen molar-refractivity contribution >= 4 is 23.3 Å². The van der Waals surface area contributed by atoms with Gasteiger partial charge in [-0.1, -0.05) is 30.8 Å². The smallest absolute Gasteiger partial charge is 0.230 e. The van der Waals surface area contributed by atoms with Crippen molar-refractivity contribution in [2.45, 2.75) is 25.3 Å². The standard InChI is InChI=1S/C19H22N4O2S/c1-4-9-20-17(24)12-26-18-10-13(2)22-19-16(11-21-23(18)19)14-5-7-15(25-3)8-6-14/h5-8,10-11H,4,9,12H2,1-3H3,(H,20,24). The largest absolute Gasteiger partial charge is 0.497 e. The number of fused-ring (bicyclic) bond motifs is 1. The molecule has 0 radical (unpaired) electrons. The van der Waals surface area contributed by atoms with Gasteiger partial charge in [-0.3, -0.25) is 4.79 Å².